The molecule has 0 aliphatic carbocycles. The number of anilines is 1. The quantitative estimate of drug-likeness (QED) is 0.417. The van der Waals surface area contributed by atoms with Gasteiger partial charge in [-0.15, -0.1) is 5.10 Å². The molecule has 0 saturated carbocycles. The van der Waals surface area contributed by atoms with E-state index >= 15 is 0 Å². The predicted octanol–water partition coefficient (Wildman–Crippen LogP) is 5.50. The Labute approximate surface area is 221 Å². The van der Waals surface area contributed by atoms with E-state index in [4.69, 9.17) is 39.5 Å². The lowest BCUT2D eigenvalue weighted by Crippen LogP contribution is -2.41. The average molecular weight is 555 g/mol. The van der Waals surface area contributed by atoms with Gasteiger partial charge in [0.15, 0.2) is 5.82 Å². The summed E-state index contributed by atoms with van der Waals surface area (Å²) in [4.78, 5) is 30.7. The van der Waals surface area contributed by atoms with Gasteiger partial charge in [-0.2, -0.15) is 11.8 Å². The average Bonchev–Trinajstić information content (AvgIpc) is 3.15. The van der Waals surface area contributed by atoms with Crippen LogP contribution in [0, 0.1) is 0 Å². The molecule has 12 heteroatoms. The molecule has 1 aromatic carbocycles. The zero-order chi connectivity index (χ0) is 25.3. The fraction of sp³-hybridized carbons (Fsp3) is 0.304. The number of ether oxygens (including phenoxy) is 1. The van der Waals surface area contributed by atoms with Gasteiger partial charge in [0, 0.05) is 34.3 Å². The van der Waals surface area contributed by atoms with Crippen molar-refractivity contribution in [1.29, 1.82) is 0 Å². The lowest BCUT2D eigenvalue weighted by atomic mass is 10.1. The number of thioether (sulfide) groups is 1. The molecule has 3 heterocycles. The Morgan fingerprint density at radius 3 is 2.49 bits per heavy atom. The minimum Gasteiger partial charge on any atom is -0.472 e. The lowest BCUT2D eigenvalue weighted by Gasteiger charge is -2.24. The van der Waals surface area contributed by atoms with Crippen LogP contribution in [-0.2, 0) is 0 Å². The molecule has 1 aliphatic heterocycles. The number of hydrogen-bond acceptors (Lipinski definition) is 6. The number of benzene rings is 1. The summed E-state index contributed by atoms with van der Waals surface area (Å²) in [6, 6.07) is 7.71. The van der Waals surface area contributed by atoms with Crippen molar-refractivity contribution in [3.8, 4) is 11.7 Å². The fourth-order valence-electron chi connectivity index (χ4n) is 3.19. The van der Waals surface area contributed by atoms with Gasteiger partial charge in [0.25, 0.3) is 11.8 Å². The summed E-state index contributed by atoms with van der Waals surface area (Å²) in [6.07, 6.45) is 1.55. The lowest BCUT2D eigenvalue weighted by molar-refractivity contribution is 0.0920. The van der Waals surface area contributed by atoms with Gasteiger partial charge in [-0.25, -0.2) is 9.67 Å². The van der Waals surface area contributed by atoms with E-state index in [1.807, 2.05) is 20.8 Å². The van der Waals surface area contributed by atoms with Crippen LogP contribution in [0.2, 0.25) is 15.1 Å². The zero-order valence-electron chi connectivity index (χ0n) is 19.1. The Bertz CT molecular complexity index is 1290. The molecule has 35 heavy (non-hydrogen) atoms. The van der Waals surface area contributed by atoms with Crippen molar-refractivity contribution in [2.45, 2.75) is 32.4 Å². The van der Waals surface area contributed by atoms with Gasteiger partial charge in [0.2, 0.25) is 5.88 Å². The first-order valence-electron chi connectivity index (χ1n) is 10.6. The number of nitrogens with one attached hydrogen (secondary N) is 2. The molecule has 2 N–H and O–H groups in total. The normalized spacial score (nSPS) is 13.8. The summed E-state index contributed by atoms with van der Waals surface area (Å²) in [7, 11) is 0. The van der Waals surface area contributed by atoms with E-state index in [1.54, 1.807) is 30.1 Å². The van der Waals surface area contributed by atoms with E-state index in [0.29, 0.717) is 5.02 Å². The molecule has 3 aromatic rings. The Balaban J connectivity index is 1.72. The molecule has 1 saturated heterocycles. The second kappa shape index (κ2) is 10.3. The van der Waals surface area contributed by atoms with Gasteiger partial charge in [-0.05, 0) is 45.0 Å². The molecule has 0 atom stereocenters. The van der Waals surface area contributed by atoms with Crippen LogP contribution >= 0.6 is 46.6 Å². The summed E-state index contributed by atoms with van der Waals surface area (Å²) in [5, 5.41) is 10.7. The number of carbonyl (C=O) groups is 2. The Morgan fingerprint density at radius 2 is 1.86 bits per heavy atom. The number of pyridine rings is 1. The second-order valence-electron chi connectivity index (χ2n) is 8.83. The molecule has 1 fully saturated rings. The van der Waals surface area contributed by atoms with Crippen molar-refractivity contribution >= 4 is 64.1 Å². The van der Waals surface area contributed by atoms with Crippen LogP contribution in [0.15, 0.2) is 36.5 Å². The molecular weight excluding hydrogens is 533 g/mol. The predicted molar refractivity (Wildman–Crippen MR) is 140 cm³/mol. The molecule has 2 aromatic heterocycles. The van der Waals surface area contributed by atoms with Crippen LogP contribution in [0.4, 0.5) is 5.69 Å². The summed E-state index contributed by atoms with van der Waals surface area (Å²) < 4.78 is 7.18. The number of aromatic nitrogens is 3. The standard InChI is InChI=1S/C23H22Cl3N5O3S/c1-23(2,3)29-21(32)14-7-12(24)8-16(26)19(14)28-22(33)17-9-18(34-13-10-35-11-13)30-31(17)20-15(25)5-4-6-27-20/h4-9,13H,10-11H2,1-3H3,(H,28,33)(H,29,32). The van der Waals surface area contributed by atoms with Crippen molar-refractivity contribution in [3.63, 3.8) is 0 Å². The highest BCUT2D eigenvalue weighted by atomic mass is 35.5. The zero-order valence-corrected chi connectivity index (χ0v) is 22.1. The van der Waals surface area contributed by atoms with Crippen molar-refractivity contribution in [2.75, 3.05) is 16.8 Å². The van der Waals surface area contributed by atoms with E-state index < -0.39 is 17.4 Å². The fourth-order valence-corrected chi connectivity index (χ4v) is 4.50. The number of amides is 2. The Morgan fingerprint density at radius 1 is 1.11 bits per heavy atom. The first kappa shape index (κ1) is 25.6. The highest BCUT2D eigenvalue weighted by Gasteiger charge is 2.27. The summed E-state index contributed by atoms with van der Waals surface area (Å²) >= 11 is 20.6. The van der Waals surface area contributed by atoms with E-state index in [-0.39, 0.29) is 44.8 Å². The van der Waals surface area contributed by atoms with Crippen LogP contribution in [-0.4, -0.2) is 49.7 Å². The van der Waals surface area contributed by atoms with E-state index in [1.165, 1.54) is 22.9 Å². The number of rotatable bonds is 6. The highest BCUT2D eigenvalue weighted by Crippen LogP contribution is 2.32. The van der Waals surface area contributed by atoms with Gasteiger partial charge in [-0.3, -0.25) is 9.59 Å². The topological polar surface area (TPSA) is 98.1 Å². The van der Waals surface area contributed by atoms with Crippen LogP contribution in [0.5, 0.6) is 5.88 Å². The van der Waals surface area contributed by atoms with Gasteiger partial charge in [-0.1, -0.05) is 34.8 Å². The third kappa shape index (κ3) is 6.03. The van der Waals surface area contributed by atoms with Gasteiger partial charge in [0.05, 0.1) is 21.3 Å². The van der Waals surface area contributed by atoms with Crippen LogP contribution in [0.25, 0.3) is 5.82 Å². The first-order chi connectivity index (χ1) is 16.5. The SMILES string of the molecule is CC(C)(C)NC(=O)c1cc(Cl)cc(Cl)c1NC(=O)c1cc(OC2CSC2)nn1-c1ncccc1Cl. The molecule has 0 unspecified atom stereocenters. The summed E-state index contributed by atoms with van der Waals surface area (Å²) in [5.41, 5.74) is -0.190. The third-order valence-corrected chi connectivity index (χ3v) is 6.81. The second-order valence-corrected chi connectivity index (χ2v) is 11.2. The molecule has 1 aliphatic rings. The van der Waals surface area contributed by atoms with Gasteiger partial charge >= 0.3 is 0 Å². The minimum atomic E-state index is -0.592. The van der Waals surface area contributed by atoms with E-state index in [0.717, 1.165) is 11.5 Å². The van der Waals surface area contributed by atoms with Crippen molar-refractivity contribution in [2.24, 2.45) is 0 Å². The van der Waals surface area contributed by atoms with Gasteiger partial charge < -0.3 is 15.4 Å². The van der Waals surface area contributed by atoms with Crippen molar-refractivity contribution in [1.82, 2.24) is 20.1 Å². The van der Waals surface area contributed by atoms with Gasteiger partial charge in [0.1, 0.15) is 11.8 Å². The number of hydrogen-bond donors (Lipinski definition) is 2. The molecule has 4 rings (SSSR count). The Kier molecular flexibility index (Phi) is 7.51. The number of carbonyl (C=O) groups excluding carboxylic acids is 2. The molecule has 0 radical (unpaired) electrons. The molecule has 184 valence electrons. The highest BCUT2D eigenvalue weighted by molar-refractivity contribution is 8.00. The summed E-state index contributed by atoms with van der Waals surface area (Å²) in [5.74, 6) is 1.16. The molecule has 0 spiro atoms. The van der Waals surface area contributed by atoms with Crippen LogP contribution < -0.4 is 15.4 Å². The first-order valence-corrected chi connectivity index (χ1v) is 12.9. The van der Waals surface area contributed by atoms with Crippen LogP contribution in [0.3, 0.4) is 0 Å². The van der Waals surface area contributed by atoms with E-state index in [9.17, 15) is 9.59 Å². The third-order valence-electron chi connectivity index (χ3n) is 4.78. The number of nitrogens with zero attached hydrogens (tertiary/aromatic N) is 3. The smallest absolute Gasteiger partial charge is 0.274 e. The minimum absolute atomic E-state index is 0.0110. The monoisotopic (exact) mass is 553 g/mol. The van der Waals surface area contributed by atoms with Crippen LogP contribution in [0.1, 0.15) is 41.6 Å². The largest absolute Gasteiger partial charge is 0.472 e. The maximum Gasteiger partial charge on any atom is 0.274 e. The summed E-state index contributed by atoms with van der Waals surface area (Å²) in [6.45, 7) is 5.52. The maximum absolute atomic E-state index is 13.5. The Hall–Kier alpha value is -2.46. The van der Waals surface area contributed by atoms with Crippen molar-refractivity contribution in [3.05, 3.63) is 62.9 Å². The molecule has 2 amide bonds. The maximum atomic E-state index is 13.5. The van der Waals surface area contributed by atoms with E-state index in [2.05, 4.69) is 20.7 Å². The molecular formula is C23H22Cl3N5O3S. The van der Waals surface area contributed by atoms with Crippen molar-refractivity contribution < 1.29 is 14.3 Å². The molecule has 0 bridgehead atoms. The number of halogens is 3. The molecule has 8 nitrogen and oxygen atoms in total.